The highest BCUT2D eigenvalue weighted by Gasteiger charge is 2.29. The van der Waals surface area contributed by atoms with Gasteiger partial charge in [-0.15, -0.1) is 0 Å². The Kier molecular flexibility index (Phi) is 4.01. The van der Waals surface area contributed by atoms with Crippen LogP contribution in [0.2, 0.25) is 0 Å². The van der Waals surface area contributed by atoms with Crippen LogP contribution in [-0.2, 0) is 9.59 Å². The monoisotopic (exact) mass is 310 g/mol. The molecule has 116 valence electrons. The summed E-state index contributed by atoms with van der Waals surface area (Å²) < 4.78 is 0. The van der Waals surface area contributed by atoms with E-state index in [2.05, 4.69) is 20.9 Å². The average Bonchev–Trinajstić information content (AvgIpc) is 2.66. The molecule has 1 aliphatic heterocycles. The first-order chi connectivity index (χ1) is 11.1. The molecule has 1 aromatic heterocycles. The Morgan fingerprint density at radius 3 is 2.70 bits per heavy atom. The number of aromatic nitrogens is 1. The van der Waals surface area contributed by atoms with Crippen LogP contribution in [0.25, 0.3) is 0 Å². The van der Waals surface area contributed by atoms with Crippen molar-refractivity contribution in [2.45, 2.75) is 12.5 Å². The van der Waals surface area contributed by atoms with Gasteiger partial charge in [0.25, 0.3) is 5.91 Å². The Hall–Kier alpha value is -3.22. The van der Waals surface area contributed by atoms with Gasteiger partial charge in [-0.05, 0) is 24.3 Å². The van der Waals surface area contributed by atoms with Gasteiger partial charge in [0.15, 0.2) is 0 Å². The molecule has 23 heavy (non-hydrogen) atoms. The second-order valence-corrected chi connectivity index (χ2v) is 5.03. The Morgan fingerprint density at radius 2 is 1.91 bits per heavy atom. The molecule has 0 aliphatic carbocycles. The smallest absolute Gasteiger partial charge is 0.254 e. The number of carbonyl (C=O) groups excluding carboxylic acids is 3. The standard InChI is InChI=1S/C16H14N4O3/c21-14(20-13-7-3-4-8-17-13)9-12-16(23)18-11-6-2-1-5-10(11)15(22)19-12/h1-8,12H,9H2,(H,18,23)(H,19,22)(H,17,20,21)/t12-/m1/s1. The number of pyridine rings is 1. The molecule has 3 amide bonds. The van der Waals surface area contributed by atoms with Crippen LogP contribution in [0, 0.1) is 0 Å². The summed E-state index contributed by atoms with van der Waals surface area (Å²) >= 11 is 0. The van der Waals surface area contributed by atoms with Crippen molar-refractivity contribution in [3.63, 3.8) is 0 Å². The molecule has 7 heteroatoms. The molecule has 0 saturated heterocycles. The number of anilines is 2. The van der Waals surface area contributed by atoms with Crippen molar-refractivity contribution in [1.29, 1.82) is 0 Å². The fourth-order valence-corrected chi connectivity index (χ4v) is 2.27. The summed E-state index contributed by atoms with van der Waals surface area (Å²) in [6.07, 6.45) is 1.37. The summed E-state index contributed by atoms with van der Waals surface area (Å²) in [7, 11) is 0. The van der Waals surface area contributed by atoms with Crippen LogP contribution in [0.3, 0.4) is 0 Å². The zero-order valence-corrected chi connectivity index (χ0v) is 12.1. The third-order valence-corrected chi connectivity index (χ3v) is 3.37. The van der Waals surface area contributed by atoms with E-state index in [4.69, 9.17) is 0 Å². The third-order valence-electron chi connectivity index (χ3n) is 3.37. The highest BCUT2D eigenvalue weighted by molar-refractivity contribution is 6.11. The molecule has 0 fully saturated rings. The van der Waals surface area contributed by atoms with Gasteiger partial charge < -0.3 is 16.0 Å². The largest absolute Gasteiger partial charge is 0.340 e. The van der Waals surface area contributed by atoms with Gasteiger partial charge in [-0.25, -0.2) is 4.98 Å². The van der Waals surface area contributed by atoms with Crippen molar-refractivity contribution in [2.75, 3.05) is 10.6 Å². The number of nitrogens with one attached hydrogen (secondary N) is 3. The van der Waals surface area contributed by atoms with E-state index in [1.54, 1.807) is 48.7 Å². The first-order valence-corrected chi connectivity index (χ1v) is 7.05. The van der Waals surface area contributed by atoms with Gasteiger partial charge in [0, 0.05) is 6.20 Å². The lowest BCUT2D eigenvalue weighted by molar-refractivity contribution is -0.122. The van der Waals surface area contributed by atoms with Gasteiger partial charge in [-0.2, -0.15) is 0 Å². The topological polar surface area (TPSA) is 100 Å². The summed E-state index contributed by atoms with van der Waals surface area (Å²) in [4.78, 5) is 40.4. The van der Waals surface area contributed by atoms with E-state index in [-0.39, 0.29) is 6.42 Å². The molecule has 2 aromatic rings. The van der Waals surface area contributed by atoms with E-state index in [0.717, 1.165) is 0 Å². The molecular weight excluding hydrogens is 296 g/mol. The van der Waals surface area contributed by atoms with Crippen LogP contribution in [0.1, 0.15) is 16.8 Å². The minimum Gasteiger partial charge on any atom is -0.340 e. The maximum atomic E-state index is 12.2. The van der Waals surface area contributed by atoms with E-state index < -0.39 is 23.8 Å². The zero-order chi connectivity index (χ0) is 16.2. The minimum atomic E-state index is -0.946. The van der Waals surface area contributed by atoms with Crippen LogP contribution in [-0.4, -0.2) is 28.7 Å². The number of para-hydroxylation sites is 1. The molecule has 0 saturated carbocycles. The number of hydrogen-bond acceptors (Lipinski definition) is 4. The highest BCUT2D eigenvalue weighted by Crippen LogP contribution is 2.18. The molecule has 0 bridgehead atoms. The first-order valence-electron chi connectivity index (χ1n) is 7.05. The predicted octanol–water partition coefficient (Wildman–Crippen LogP) is 1.16. The predicted molar refractivity (Wildman–Crippen MR) is 83.8 cm³/mol. The quantitative estimate of drug-likeness (QED) is 0.792. The summed E-state index contributed by atoms with van der Waals surface area (Å²) in [5.74, 6) is -0.842. The zero-order valence-electron chi connectivity index (χ0n) is 12.1. The summed E-state index contributed by atoms with van der Waals surface area (Å²) in [5, 5.41) is 7.81. The molecule has 3 N–H and O–H groups in total. The van der Waals surface area contributed by atoms with Gasteiger partial charge in [-0.1, -0.05) is 18.2 Å². The molecule has 2 heterocycles. The molecule has 0 spiro atoms. The summed E-state index contributed by atoms with van der Waals surface area (Å²) in [6, 6.07) is 10.8. The van der Waals surface area contributed by atoms with Crippen LogP contribution >= 0.6 is 0 Å². The fourth-order valence-electron chi connectivity index (χ4n) is 2.27. The van der Waals surface area contributed by atoms with Crippen molar-refractivity contribution in [1.82, 2.24) is 10.3 Å². The molecule has 3 rings (SSSR count). The molecule has 0 radical (unpaired) electrons. The maximum Gasteiger partial charge on any atom is 0.254 e. The van der Waals surface area contributed by atoms with E-state index in [0.29, 0.717) is 17.1 Å². The number of hydrogen-bond donors (Lipinski definition) is 3. The van der Waals surface area contributed by atoms with Gasteiger partial charge in [-0.3, -0.25) is 14.4 Å². The van der Waals surface area contributed by atoms with Crippen LogP contribution in [0.4, 0.5) is 11.5 Å². The molecule has 0 unspecified atom stereocenters. The third kappa shape index (κ3) is 3.34. The molecule has 1 aromatic carbocycles. The second-order valence-electron chi connectivity index (χ2n) is 5.03. The van der Waals surface area contributed by atoms with Gasteiger partial charge in [0.1, 0.15) is 11.9 Å². The normalized spacial score (nSPS) is 16.6. The first kappa shape index (κ1) is 14.7. The molecule has 7 nitrogen and oxygen atoms in total. The molecule has 1 aliphatic rings. The number of benzene rings is 1. The van der Waals surface area contributed by atoms with Gasteiger partial charge in [0.2, 0.25) is 11.8 Å². The van der Waals surface area contributed by atoms with Crippen LogP contribution < -0.4 is 16.0 Å². The lowest BCUT2D eigenvalue weighted by atomic mass is 10.1. The maximum absolute atomic E-state index is 12.2. The Morgan fingerprint density at radius 1 is 1.13 bits per heavy atom. The lowest BCUT2D eigenvalue weighted by Gasteiger charge is -2.14. The summed E-state index contributed by atoms with van der Waals surface area (Å²) in [5.41, 5.74) is 0.802. The number of rotatable bonds is 3. The highest BCUT2D eigenvalue weighted by atomic mass is 16.2. The van der Waals surface area contributed by atoms with Crippen molar-refractivity contribution in [3.05, 3.63) is 54.2 Å². The number of carbonyl (C=O) groups is 3. The second kappa shape index (κ2) is 6.27. The SMILES string of the molecule is O=C(C[C@H]1NC(=O)c2ccccc2NC1=O)Nc1ccccn1. The number of fused-ring (bicyclic) bond motifs is 1. The number of nitrogens with zero attached hydrogens (tertiary/aromatic N) is 1. The van der Waals surface area contributed by atoms with E-state index in [1.807, 2.05) is 0 Å². The lowest BCUT2D eigenvalue weighted by Crippen LogP contribution is -2.43. The van der Waals surface area contributed by atoms with Crippen molar-refractivity contribution in [2.24, 2.45) is 0 Å². The van der Waals surface area contributed by atoms with Crippen molar-refractivity contribution >= 4 is 29.2 Å². The fraction of sp³-hybridized carbons (Fsp3) is 0.125. The van der Waals surface area contributed by atoms with Crippen LogP contribution in [0.5, 0.6) is 0 Å². The number of amides is 3. The van der Waals surface area contributed by atoms with Crippen molar-refractivity contribution in [3.8, 4) is 0 Å². The van der Waals surface area contributed by atoms with E-state index in [1.165, 1.54) is 0 Å². The van der Waals surface area contributed by atoms with Crippen LogP contribution in [0.15, 0.2) is 48.7 Å². The molecule has 1 atom stereocenters. The summed E-state index contributed by atoms with van der Waals surface area (Å²) in [6.45, 7) is 0. The Balaban J connectivity index is 1.70. The average molecular weight is 310 g/mol. The molecular formula is C16H14N4O3. The Bertz CT molecular complexity index is 761. The minimum absolute atomic E-state index is 0.178. The Labute approximate surface area is 132 Å². The van der Waals surface area contributed by atoms with Gasteiger partial charge in [0.05, 0.1) is 17.7 Å². The van der Waals surface area contributed by atoms with Gasteiger partial charge >= 0.3 is 0 Å². The van der Waals surface area contributed by atoms with Crippen molar-refractivity contribution < 1.29 is 14.4 Å². The van der Waals surface area contributed by atoms with E-state index in [9.17, 15) is 14.4 Å². The van der Waals surface area contributed by atoms with E-state index >= 15 is 0 Å².